The van der Waals surface area contributed by atoms with E-state index >= 15 is 0 Å². The summed E-state index contributed by atoms with van der Waals surface area (Å²) in [5.74, 6) is 0.350. The first-order chi connectivity index (χ1) is 9.45. The molecule has 0 radical (unpaired) electrons. The van der Waals surface area contributed by atoms with Gasteiger partial charge in [-0.2, -0.15) is 28.2 Å². The summed E-state index contributed by atoms with van der Waals surface area (Å²) in [4.78, 5) is 7.16. The van der Waals surface area contributed by atoms with Crippen LogP contribution >= 0.6 is 11.6 Å². The van der Waals surface area contributed by atoms with Crippen molar-refractivity contribution in [1.29, 1.82) is 0 Å². The lowest BCUT2D eigenvalue weighted by Crippen LogP contribution is -2.49. The van der Waals surface area contributed by atoms with E-state index in [4.69, 9.17) is 11.6 Å². The fraction of sp³-hybridized carbons (Fsp3) is 0.364. The Kier molecular flexibility index (Phi) is 3.04. The molecule has 2 aromatic rings. The number of hydrogen-bond acceptors (Lipinski definition) is 4. The third-order valence-electron chi connectivity index (χ3n) is 3.07. The minimum absolute atomic E-state index is 0.00769. The Morgan fingerprint density at radius 3 is 2.40 bits per heavy atom. The first-order valence-electron chi connectivity index (χ1n) is 5.78. The van der Waals surface area contributed by atoms with E-state index in [-0.39, 0.29) is 11.1 Å². The van der Waals surface area contributed by atoms with Gasteiger partial charge in [-0.15, -0.1) is 0 Å². The molecule has 1 aliphatic heterocycles. The zero-order chi connectivity index (χ0) is 14.3. The minimum atomic E-state index is -4.44. The molecule has 2 aromatic heterocycles. The first-order valence-corrected chi connectivity index (χ1v) is 6.16. The molecule has 1 aliphatic rings. The molecule has 1 saturated heterocycles. The number of hydrogen-bond donors (Lipinski definition) is 0. The number of rotatable bonds is 2. The van der Waals surface area contributed by atoms with E-state index in [1.807, 2.05) is 0 Å². The molecular formula is C11H9ClF3N5. The first kappa shape index (κ1) is 13.2. The van der Waals surface area contributed by atoms with Gasteiger partial charge in [0.1, 0.15) is 11.9 Å². The molecule has 0 N–H and O–H groups in total. The van der Waals surface area contributed by atoms with Crippen molar-refractivity contribution in [3.8, 4) is 0 Å². The summed E-state index contributed by atoms with van der Waals surface area (Å²) in [7, 11) is 0. The van der Waals surface area contributed by atoms with E-state index in [1.54, 1.807) is 22.1 Å². The van der Waals surface area contributed by atoms with Crippen molar-refractivity contribution in [3.05, 3.63) is 35.2 Å². The normalized spacial score (nSPS) is 16.3. The average Bonchev–Trinajstić information content (AvgIpc) is 2.81. The second kappa shape index (κ2) is 4.62. The van der Waals surface area contributed by atoms with E-state index in [9.17, 15) is 13.2 Å². The van der Waals surface area contributed by atoms with Gasteiger partial charge < -0.3 is 4.90 Å². The van der Waals surface area contributed by atoms with Crippen LogP contribution in [0.5, 0.6) is 0 Å². The molecule has 0 saturated carbocycles. The molecule has 20 heavy (non-hydrogen) atoms. The highest BCUT2D eigenvalue weighted by Crippen LogP contribution is 2.35. The number of pyridine rings is 1. The lowest BCUT2D eigenvalue weighted by Gasteiger charge is -2.39. The van der Waals surface area contributed by atoms with Crippen LogP contribution in [-0.2, 0) is 6.18 Å². The van der Waals surface area contributed by atoms with Crippen LogP contribution in [0.15, 0.2) is 24.7 Å². The molecule has 3 rings (SSSR count). The van der Waals surface area contributed by atoms with Crippen molar-refractivity contribution >= 4 is 17.4 Å². The molecule has 0 aromatic carbocycles. The Morgan fingerprint density at radius 2 is 1.85 bits per heavy atom. The number of nitrogens with zero attached hydrogens (tertiary/aromatic N) is 5. The second-order valence-corrected chi connectivity index (χ2v) is 4.84. The SMILES string of the molecule is FC(F)(F)c1cnc(N2CC(n3nccn3)C2)c(Cl)c1. The monoisotopic (exact) mass is 303 g/mol. The van der Waals surface area contributed by atoms with Gasteiger partial charge in [0.25, 0.3) is 0 Å². The van der Waals surface area contributed by atoms with Crippen LogP contribution in [0.3, 0.4) is 0 Å². The number of halogens is 4. The number of aromatic nitrogens is 4. The Morgan fingerprint density at radius 1 is 1.20 bits per heavy atom. The Bertz CT molecular complexity index is 607. The molecule has 1 fully saturated rings. The van der Waals surface area contributed by atoms with Crippen molar-refractivity contribution in [2.24, 2.45) is 0 Å². The van der Waals surface area contributed by atoms with E-state index in [2.05, 4.69) is 15.2 Å². The van der Waals surface area contributed by atoms with Crippen molar-refractivity contribution in [2.75, 3.05) is 18.0 Å². The Balaban J connectivity index is 1.74. The van der Waals surface area contributed by atoms with Crippen LogP contribution < -0.4 is 4.90 Å². The van der Waals surface area contributed by atoms with Gasteiger partial charge in [0.15, 0.2) is 0 Å². The van der Waals surface area contributed by atoms with Crippen molar-refractivity contribution in [3.63, 3.8) is 0 Å². The topological polar surface area (TPSA) is 46.8 Å². The van der Waals surface area contributed by atoms with Gasteiger partial charge in [-0.05, 0) is 6.07 Å². The largest absolute Gasteiger partial charge is 0.417 e. The summed E-state index contributed by atoms with van der Waals surface area (Å²) in [6, 6.07) is 0.980. The minimum Gasteiger partial charge on any atom is -0.351 e. The predicted molar refractivity (Wildman–Crippen MR) is 65.5 cm³/mol. The van der Waals surface area contributed by atoms with E-state index in [0.29, 0.717) is 18.9 Å². The maximum atomic E-state index is 12.5. The molecule has 9 heteroatoms. The van der Waals surface area contributed by atoms with Crippen molar-refractivity contribution in [2.45, 2.75) is 12.2 Å². The van der Waals surface area contributed by atoms with Gasteiger partial charge in [-0.1, -0.05) is 11.6 Å². The highest BCUT2D eigenvalue weighted by molar-refractivity contribution is 6.33. The van der Waals surface area contributed by atoms with Crippen LogP contribution in [0.1, 0.15) is 11.6 Å². The van der Waals surface area contributed by atoms with E-state index < -0.39 is 11.7 Å². The summed E-state index contributed by atoms with van der Waals surface area (Å²) in [6.07, 6.45) is -0.496. The van der Waals surface area contributed by atoms with Crippen LogP contribution in [0.4, 0.5) is 19.0 Å². The predicted octanol–water partition coefficient (Wildman–Crippen LogP) is 2.41. The molecule has 106 valence electrons. The molecular weight excluding hydrogens is 295 g/mol. The molecule has 0 spiro atoms. The molecule has 0 bridgehead atoms. The van der Waals surface area contributed by atoms with Crippen LogP contribution in [0.25, 0.3) is 0 Å². The standard InChI is InChI=1S/C11H9ClF3N5/c12-9-3-7(11(13,14)15)4-16-10(9)19-5-8(6-19)20-17-1-2-18-20/h1-4,8H,5-6H2. The van der Waals surface area contributed by atoms with Gasteiger partial charge in [0.05, 0.1) is 23.0 Å². The fourth-order valence-corrected chi connectivity index (χ4v) is 2.29. The quantitative estimate of drug-likeness (QED) is 0.855. The molecule has 3 heterocycles. The van der Waals surface area contributed by atoms with Gasteiger partial charge >= 0.3 is 6.18 Å². The average molecular weight is 304 g/mol. The number of alkyl halides is 3. The van der Waals surface area contributed by atoms with Crippen LogP contribution in [0.2, 0.25) is 5.02 Å². The third kappa shape index (κ3) is 2.31. The lowest BCUT2D eigenvalue weighted by atomic mass is 10.1. The molecule has 0 amide bonds. The van der Waals surface area contributed by atoms with Gasteiger partial charge in [-0.25, -0.2) is 4.98 Å². The molecule has 0 aliphatic carbocycles. The zero-order valence-corrected chi connectivity index (χ0v) is 10.8. The Hall–Kier alpha value is -1.83. The van der Waals surface area contributed by atoms with Crippen LogP contribution in [0, 0.1) is 0 Å². The summed E-state index contributed by atoms with van der Waals surface area (Å²) < 4.78 is 37.5. The van der Waals surface area contributed by atoms with Crippen molar-refractivity contribution in [1.82, 2.24) is 20.0 Å². The van der Waals surface area contributed by atoms with Gasteiger partial charge in [-0.3, -0.25) is 0 Å². The summed E-state index contributed by atoms with van der Waals surface area (Å²) >= 11 is 5.87. The second-order valence-electron chi connectivity index (χ2n) is 4.44. The van der Waals surface area contributed by atoms with Gasteiger partial charge in [0, 0.05) is 19.3 Å². The summed E-state index contributed by atoms with van der Waals surface area (Å²) in [5, 5.41) is 8.02. The molecule has 0 unspecified atom stereocenters. The zero-order valence-electron chi connectivity index (χ0n) is 10.0. The number of anilines is 1. The van der Waals surface area contributed by atoms with Crippen molar-refractivity contribution < 1.29 is 13.2 Å². The smallest absolute Gasteiger partial charge is 0.351 e. The summed E-state index contributed by atoms with van der Waals surface area (Å²) in [6.45, 7) is 1.12. The maximum Gasteiger partial charge on any atom is 0.417 e. The highest BCUT2D eigenvalue weighted by atomic mass is 35.5. The lowest BCUT2D eigenvalue weighted by molar-refractivity contribution is -0.137. The molecule has 0 atom stereocenters. The molecule has 5 nitrogen and oxygen atoms in total. The summed E-state index contributed by atoms with van der Waals surface area (Å²) in [5.41, 5.74) is -0.850. The fourth-order valence-electron chi connectivity index (χ4n) is 2.01. The van der Waals surface area contributed by atoms with E-state index in [1.165, 1.54) is 0 Å². The highest BCUT2D eigenvalue weighted by Gasteiger charge is 2.35. The maximum absolute atomic E-state index is 12.5. The van der Waals surface area contributed by atoms with Crippen LogP contribution in [-0.4, -0.2) is 33.1 Å². The Labute approximate surface area is 117 Å². The third-order valence-corrected chi connectivity index (χ3v) is 3.35. The van der Waals surface area contributed by atoms with Gasteiger partial charge in [0.2, 0.25) is 0 Å². The van der Waals surface area contributed by atoms with E-state index in [0.717, 1.165) is 12.3 Å².